The molecule has 0 unspecified atom stereocenters. The summed E-state index contributed by atoms with van der Waals surface area (Å²) < 4.78 is 5.50. The van der Waals surface area contributed by atoms with E-state index in [4.69, 9.17) is 14.7 Å². The van der Waals surface area contributed by atoms with Crippen LogP contribution >= 0.6 is 0 Å². The van der Waals surface area contributed by atoms with E-state index in [1.165, 1.54) is 18.4 Å². The van der Waals surface area contributed by atoms with Crippen molar-refractivity contribution in [1.82, 2.24) is 20.2 Å². The lowest BCUT2D eigenvalue weighted by Gasteiger charge is -2.37. The SMILES string of the molecule is Cc1nc(N2CCC(N(C)C(=O)OC(C)(C)C)CC2)nc(C)c1CNCC1CC1. The molecule has 1 amide bonds. The molecule has 0 spiro atoms. The lowest BCUT2D eigenvalue weighted by Crippen LogP contribution is -2.47. The van der Waals surface area contributed by atoms with Gasteiger partial charge in [0.05, 0.1) is 0 Å². The van der Waals surface area contributed by atoms with Crippen LogP contribution in [0.3, 0.4) is 0 Å². The van der Waals surface area contributed by atoms with Gasteiger partial charge in [0.1, 0.15) is 5.60 Å². The normalized spacial score (nSPS) is 18.1. The number of aryl methyl sites for hydroxylation is 2. The Balaban J connectivity index is 1.55. The number of hydrogen-bond donors (Lipinski definition) is 1. The molecule has 2 aliphatic rings. The summed E-state index contributed by atoms with van der Waals surface area (Å²) in [6, 6.07) is 0.189. The number of aromatic nitrogens is 2. The van der Waals surface area contributed by atoms with E-state index in [2.05, 4.69) is 24.1 Å². The van der Waals surface area contributed by atoms with Gasteiger partial charge in [0.2, 0.25) is 5.95 Å². The Bertz CT molecular complexity index is 695. The number of nitrogens with one attached hydrogen (secondary N) is 1. The fraction of sp³-hybridized carbons (Fsp3) is 0.773. The predicted molar refractivity (Wildman–Crippen MR) is 115 cm³/mol. The van der Waals surface area contributed by atoms with Gasteiger partial charge >= 0.3 is 6.09 Å². The summed E-state index contributed by atoms with van der Waals surface area (Å²) >= 11 is 0. The number of hydrogen-bond acceptors (Lipinski definition) is 6. The lowest BCUT2D eigenvalue weighted by molar-refractivity contribution is 0.0200. The van der Waals surface area contributed by atoms with Crippen LogP contribution < -0.4 is 10.2 Å². The molecule has 1 N–H and O–H groups in total. The summed E-state index contributed by atoms with van der Waals surface area (Å²) in [6.45, 7) is 13.5. The Labute approximate surface area is 175 Å². The van der Waals surface area contributed by atoms with Crippen LogP contribution in [0.15, 0.2) is 0 Å². The standard InChI is InChI=1S/C22H37N5O2/c1-15-19(14-23-13-17-7-8-17)16(2)25-20(24-15)27-11-9-18(10-12-27)26(6)21(28)29-22(3,4)5/h17-18,23H,7-14H2,1-6H3. The van der Waals surface area contributed by atoms with Crippen molar-refractivity contribution >= 4 is 12.0 Å². The van der Waals surface area contributed by atoms with Crippen molar-refractivity contribution in [2.24, 2.45) is 5.92 Å². The molecular weight excluding hydrogens is 366 g/mol. The first-order chi connectivity index (χ1) is 13.6. The zero-order valence-electron chi connectivity index (χ0n) is 18.9. The summed E-state index contributed by atoms with van der Waals surface area (Å²) in [6.07, 6.45) is 4.25. The van der Waals surface area contributed by atoms with Crippen LogP contribution in [0.1, 0.15) is 63.4 Å². The molecule has 7 heteroatoms. The van der Waals surface area contributed by atoms with E-state index in [0.717, 1.165) is 62.3 Å². The quantitative estimate of drug-likeness (QED) is 0.785. The van der Waals surface area contributed by atoms with Crippen LogP contribution in [0.5, 0.6) is 0 Å². The number of carbonyl (C=O) groups excluding carboxylic acids is 1. The maximum absolute atomic E-state index is 12.3. The number of carbonyl (C=O) groups is 1. The third-order valence-electron chi connectivity index (χ3n) is 5.82. The highest BCUT2D eigenvalue weighted by molar-refractivity contribution is 5.68. The maximum Gasteiger partial charge on any atom is 0.410 e. The molecule has 2 fully saturated rings. The minimum Gasteiger partial charge on any atom is -0.444 e. The summed E-state index contributed by atoms with van der Waals surface area (Å²) in [7, 11) is 1.84. The second-order valence-electron chi connectivity index (χ2n) is 9.56. The van der Waals surface area contributed by atoms with Gasteiger partial charge in [0.15, 0.2) is 0 Å². The average Bonchev–Trinajstić information content (AvgIpc) is 3.46. The Morgan fingerprint density at radius 2 is 1.72 bits per heavy atom. The third-order valence-corrected chi connectivity index (χ3v) is 5.82. The topological polar surface area (TPSA) is 70.6 Å². The number of piperidine rings is 1. The van der Waals surface area contributed by atoms with Gasteiger partial charge in [0, 0.05) is 49.7 Å². The molecule has 1 saturated carbocycles. The predicted octanol–water partition coefficient (Wildman–Crippen LogP) is 3.43. The van der Waals surface area contributed by atoms with Gasteiger partial charge in [-0.15, -0.1) is 0 Å². The smallest absolute Gasteiger partial charge is 0.410 e. The largest absolute Gasteiger partial charge is 0.444 e. The number of ether oxygens (including phenoxy) is 1. The molecule has 0 atom stereocenters. The van der Waals surface area contributed by atoms with Crippen LogP contribution in [0.4, 0.5) is 10.7 Å². The van der Waals surface area contributed by atoms with Crippen molar-refractivity contribution in [1.29, 1.82) is 0 Å². The average molecular weight is 404 g/mol. The highest BCUT2D eigenvalue weighted by atomic mass is 16.6. The van der Waals surface area contributed by atoms with Crippen molar-refractivity contribution in [3.8, 4) is 0 Å². The Kier molecular flexibility index (Phi) is 6.66. The lowest BCUT2D eigenvalue weighted by atomic mass is 10.0. The van der Waals surface area contributed by atoms with Gasteiger partial charge in [-0.2, -0.15) is 0 Å². The number of nitrogens with zero attached hydrogens (tertiary/aromatic N) is 4. The molecule has 0 bridgehead atoms. The van der Waals surface area contributed by atoms with E-state index < -0.39 is 5.60 Å². The third kappa shape index (κ3) is 6.04. The minimum atomic E-state index is -0.468. The van der Waals surface area contributed by atoms with E-state index >= 15 is 0 Å². The number of rotatable bonds is 6. The highest BCUT2D eigenvalue weighted by Crippen LogP contribution is 2.28. The van der Waals surface area contributed by atoms with Crippen LogP contribution in [0.2, 0.25) is 0 Å². The molecular formula is C22H37N5O2. The van der Waals surface area contributed by atoms with Crippen LogP contribution in [-0.4, -0.2) is 59.3 Å². The van der Waals surface area contributed by atoms with Gasteiger partial charge in [0.25, 0.3) is 0 Å². The molecule has 2 heterocycles. The Morgan fingerprint density at radius 1 is 1.14 bits per heavy atom. The molecule has 1 aromatic heterocycles. The molecule has 0 aromatic carbocycles. The van der Waals surface area contributed by atoms with Crippen LogP contribution in [0, 0.1) is 19.8 Å². The Hall–Kier alpha value is -1.89. The van der Waals surface area contributed by atoms with Crippen molar-refractivity contribution in [3.63, 3.8) is 0 Å². The molecule has 1 aliphatic carbocycles. The zero-order valence-corrected chi connectivity index (χ0v) is 18.9. The van der Waals surface area contributed by atoms with E-state index in [1.54, 1.807) is 4.90 Å². The highest BCUT2D eigenvalue weighted by Gasteiger charge is 2.29. The zero-order chi connectivity index (χ0) is 21.2. The summed E-state index contributed by atoms with van der Waals surface area (Å²) in [5.41, 5.74) is 2.87. The molecule has 1 aliphatic heterocycles. The van der Waals surface area contributed by atoms with Gasteiger partial charge in [-0.1, -0.05) is 0 Å². The number of anilines is 1. The van der Waals surface area contributed by atoms with Crippen molar-refractivity contribution in [2.45, 2.75) is 78.5 Å². The summed E-state index contributed by atoms with van der Waals surface area (Å²) in [5.74, 6) is 1.68. The van der Waals surface area contributed by atoms with E-state index in [1.807, 2.05) is 27.8 Å². The molecule has 29 heavy (non-hydrogen) atoms. The van der Waals surface area contributed by atoms with Crippen LogP contribution in [0.25, 0.3) is 0 Å². The van der Waals surface area contributed by atoms with E-state index in [0.29, 0.717) is 0 Å². The van der Waals surface area contributed by atoms with E-state index in [9.17, 15) is 4.79 Å². The van der Waals surface area contributed by atoms with Gasteiger partial charge in [-0.3, -0.25) is 0 Å². The summed E-state index contributed by atoms with van der Waals surface area (Å²) in [5, 5.41) is 3.55. The first-order valence-electron chi connectivity index (χ1n) is 10.9. The monoisotopic (exact) mass is 403 g/mol. The van der Waals surface area contributed by atoms with Gasteiger partial charge < -0.3 is 19.9 Å². The molecule has 1 aromatic rings. The molecule has 162 valence electrons. The molecule has 7 nitrogen and oxygen atoms in total. The van der Waals surface area contributed by atoms with Gasteiger partial charge in [-0.25, -0.2) is 14.8 Å². The van der Waals surface area contributed by atoms with Gasteiger partial charge in [-0.05, 0) is 72.8 Å². The summed E-state index contributed by atoms with van der Waals surface area (Å²) in [4.78, 5) is 25.9. The number of amides is 1. The van der Waals surface area contributed by atoms with Crippen molar-refractivity contribution in [2.75, 3.05) is 31.6 Å². The fourth-order valence-corrected chi connectivity index (χ4v) is 3.78. The fourth-order valence-electron chi connectivity index (χ4n) is 3.78. The minimum absolute atomic E-state index is 0.189. The molecule has 0 radical (unpaired) electrons. The Morgan fingerprint density at radius 3 is 2.24 bits per heavy atom. The molecule has 1 saturated heterocycles. The first kappa shape index (κ1) is 21.8. The van der Waals surface area contributed by atoms with Crippen molar-refractivity contribution < 1.29 is 9.53 Å². The van der Waals surface area contributed by atoms with E-state index in [-0.39, 0.29) is 12.1 Å². The first-order valence-corrected chi connectivity index (χ1v) is 10.9. The van der Waals surface area contributed by atoms with Crippen LogP contribution in [-0.2, 0) is 11.3 Å². The molecule has 3 rings (SSSR count). The second-order valence-corrected chi connectivity index (χ2v) is 9.56. The van der Waals surface area contributed by atoms with Crippen molar-refractivity contribution in [3.05, 3.63) is 17.0 Å². The second kappa shape index (κ2) is 8.86. The maximum atomic E-state index is 12.3.